The Kier molecular flexibility index (Phi) is 45.6. The number of thioether (sulfide) groups is 2. The van der Waals surface area contributed by atoms with E-state index in [0.717, 1.165) is 44.3 Å². The molecule has 3 atom stereocenters. The largest absolute Gasteiger partial charge is 0.519 e. The molecule has 1 aliphatic rings. The van der Waals surface area contributed by atoms with Crippen LogP contribution in [-0.4, -0.2) is 168 Å². The molecular weight excluding hydrogens is 1340 g/mol. The molecular formula is C60H90N8O26S3. The monoisotopic (exact) mass is 1430 g/mol. The summed E-state index contributed by atoms with van der Waals surface area (Å²) >= 11 is 6.52. The first-order chi connectivity index (χ1) is 46.1. The summed E-state index contributed by atoms with van der Waals surface area (Å²) < 4.78 is 37.9. The zero-order chi connectivity index (χ0) is 72.7. The van der Waals surface area contributed by atoms with Crippen LogP contribution in [0.3, 0.4) is 0 Å². The maximum Gasteiger partial charge on any atom is 0.519 e. The number of imide groups is 1. The highest BCUT2D eigenvalue weighted by Crippen LogP contribution is 2.15. The van der Waals surface area contributed by atoms with Crippen LogP contribution in [0.5, 0.6) is 0 Å². The molecule has 1 aliphatic heterocycles. The molecule has 0 bridgehead atoms. The Morgan fingerprint density at radius 2 is 0.845 bits per heavy atom. The van der Waals surface area contributed by atoms with E-state index in [0.29, 0.717) is 42.3 Å². The van der Waals surface area contributed by atoms with Crippen molar-refractivity contribution < 1.29 is 113 Å². The van der Waals surface area contributed by atoms with Crippen LogP contribution < -0.4 is 49.3 Å². The zero-order valence-electron chi connectivity index (χ0n) is 55.3. The summed E-state index contributed by atoms with van der Waals surface area (Å²) in [6, 6.07) is -3.40. The minimum absolute atomic E-state index is 0.00785. The molecule has 37 heteroatoms. The highest BCUT2D eigenvalue weighted by Gasteiger charge is 2.35. The molecule has 0 saturated carbocycles. The van der Waals surface area contributed by atoms with Crippen molar-refractivity contribution in [3.8, 4) is 0 Å². The Labute approximate surface area is 572 Å². The predicted octanol–water partition coefficient (Wildman–Crippen LogP) is 1.77. The van der Waals surface area contributed by atoms with Crippen LogP contribution in [0.15, 0.2) is 27.3 Å². The summed E-state index contributed by atoms with van der Waals surface area (Å²) in [5.41, 5.74) is 5.30. The van der Waals surface area contributed by atoms with Gasteiger partial charge >= 0.3 is 41.5 Å². The minimum atomic E-state index is -1.37. The van der Waals surface area contributed by atoms with Gasteiger partial charge in [0.2, 0.25) is 35.4 Å². The number of ether oxygens (including phenoxy) is 4. The third-order valence-electron chi connectivity index (χ3n) is 13.0. The molecule has 8 N–H and O–H groups in total. The van der Waals surface area contributed by atoms with Gasteiger partial charge in [0.15, 0.2) is 46.5 Å². The van der Waals surface area contributed by atoms with Gasteiger partial charge in [-0.05, 0) is 71.0 Å². The molecule has 1 fully saturated rings. The number of carbonyl (C=O) groups excluding carboxylic acids is 15. The summed E-state index contributed by atoms with van der Waals surface area (Å²) in [5.74, 6) is -6.82. The third-order valence-corrected chi connectivity index (χ3v) is 15.2. The van der Waals surface area contributed by atoms with E-state index < -0.39 is 101 Å². The van der Waals surface area contributed by atoms with Crippen LogP contribution in [0.2, 0.25) is 0 Å². The average Bonchev–Trinajstić information content (AvgIpc) is 1.85. The van der Waals surface area contributed by atoms with Crippen molar-refractivity contribution in [2.75, 3.05) is 57.7 Å². The van der Waals surface area contributed by atoms with Crippen molar-refractivity contribution in [3.63, 3.8) is 0 Å². The number of hydroxylamine groups is 2. The highest BCUT2D eigenvalue weighted by atomic mass is 32.2. The van der Waals surface area contributed by atoms with E-state index in [-0.39, 0.29) is 149 Å². The van der Waals surface area contributed by atoms with Gasteiger partial charge < -0.3 is 79.1 Å². The second kappa shape index (κ2) is 51.0. The van der Waals surface area contributed by atoms with E-state index in [1.165, 1.54) is 65.4 Å². The quantitative estimate of drug-likeness (QED) is 0.0154. The Hall–Kier alpha value is -8.32. The lowest BCUT2D eigenvalue weighted by Crippen LogP contribution is -2.48. The first-order valence-electron chi connectivity index (χ1n) is 31.1. The van der Waals surface area contributed by atoms with Gasteiger partial charge in [-0.2, -0.15) is 12.6 Å². The van der Waals surface area contributed by atoms with Gasteiger partial charge in [-0.15, -0.1) is 5.06 Å². The number of methoxy groups -OCH3 is 2. The Morgan fingerprint density at radius 3 is 1.18 bits per heavy atom. The maximum atomic E-state index is 12.8. The van der Waals surface area contributed by atoms with Crippen molar-refractivity contribution in [3.05, 3.63) is 44.3 Å². The standard InChI is InChI=1S/C25H33N3O12S.C22H32N2O10S.C13H25N3O4S/c1-15-18(39-25(36)38-15)14-37-22(33)8-6-11-26-24(35)17(13-23(34)40-28-20(31)9-10-21(28)32)27-19(30)7-4-3-5-12-41-16(2)29;1-14-17(34-22(30)33-14)13-32-19(27)9-7-10-23-21(29)16(12-20(28)31-3)24-18(26)8-5-4-6-11-35-15(2)25;1-20-12(18)9-10(13(19)15-7-6-14)16-11(17)5-3-2-4-8-21/h17H,3-14H2,1-2H3,(H,26,35)(H,27,30);16H,4-13H2,1-3H3,(H,23,29)(H,24,26);10,21H,2-9,14H2,1H3,(H,15,19)(H,16,17)/t17-;16-;10-/m000/s1. The third kappa shape index (κ3) is 41.4. The van der Waals surface area contributed by atoms with Crippen LogP contribution in [-0.2, 0) is 109 Å². The van der Waals surface area contributed by atoms with Crippen LogP contribution >= 0.6 is 36.2 Å². The number of amides is 8. The number of unbranched alkanes of at least 4 members (excludes halogenated alkanes) is 6. The predicted molar refractivity (Wildman–Crippen MR) is 346 cm³/mol. The normalized spacial score (nSPS) is 12.4. The Bertz CT molecular complexity index is 3020. The molecule has 3 heterocycles. The van der Waals surface area contributed by atoms with Crippen molar-refractivity contribution in [2.45, 2.75) is 194 Å². The maximum absolute atomic E-state index is 12.8. The molecule has 0 spiro atoms. The molecule has 544 valence electrons. The molecule has 8 amide bonds. The SMILES string of the molecule is CC(=O)SCCCCCC(=O)N[C@@H](CC(=O)ON1C(=O)CCC1=O)C(=O)NCCCC(=O)OCc1oc(=O)oc1C.COC(=O)C[C@H](NC(=O)CCCCCS)C(=O)NCCN.COC(=O)C[C@H](NC(=O)CCCCCSC(C)=O)C(=O)NCCCC(=O)OCc1oc(=O)oc1C. The van der Waals surface area contributed by atoms with Gasteiger partial charge in [0.05, 0.1) is 33.5 Å². The van der Waals surface area contributed by atoms with Gasteiger partial charge in [-0.3, -0.25) is 67.1 Å². The summed E-state index contributed by atoms with van der Waals surface area (Å²) in [5, 5.41) is 15.6. The van der Waals surface area contributed by atoms with E-state index in [2.05, 4.69) is 62.8 Å². The van der Waals surface area contributed by atoms with Gasteiger partial charge in [0, 0.05) is 96.5 Å². The number of esters is 4. The number of nitrogens with one attached hydrogen (secondary N) is 6. The number of hydrogen-bond acceptors (Lipinski definition) is 30. The van der Waals surface area contributed by atoms with Crippen LogP contribution in [0.4, 0.5) is 0 Å². The molecule has 2 aromatic rings. The summed E-state index contributed by atoms with van der Waals surface area (Å²) in [4.78, 5) is 205. The first-order valence-corrected chi connectivity index (χ1v) is 33.7. The summed E-state index contributed by atoms with van der Waals surface area (Å²) in [7, 11) is 2.41. The Balaban J connectivity index is 0.000000765. The van der Waals surface area contributed by atoms with Crippen molar-refractivity contribution in [1.29, 1.82) is 0 Å². The summed E-state index contributed by atoms with van der Waals surface area (Å²) in [6.07, 6.45) is 6.05. The number of aryl methyl sites for hydroxylation is 2. The fourth-order valence-electron chi connectivity index (χ4n) is 7.93. The first kappa shape index (κ1) is 86.7. The lowest BCUT2D eigenvalue weighted by Gasteiger charge is -2.19. The number of carbonyl (C=O) groups is 15. The molecule has 0 radical (unpaired) electrons. The van der Waals surface area contributed by atoms with E-state index >= 15 is 0 Å². The molecule has 97 heavy (non-hydrogen) atoms. The molecule has 2 aromatic heterocycles. The van der Waals surface area contributed by atoms with Gasteiger partial charge in [-0.1, -0.05) is 42.8 Å². The van der Waals surface area contributed by atoms with Crippen LogP contribution in [0.25, 0.3) is 0 Å². The molecule has 0 aliphatic carbocycles. The Morgan fingerprint density at radius 1 is 0.485 bits per heavy atom. The highest BCUT2D eigenvalue weighted by molar-refractivity contribution is 8.13. The average molecular weight is 1440 g/mol. The van der Waals surface area contributed by atoms with E-state index in [1.807, 2.05) is 0 Å². The number of rotatable bonds is 44. The second-order valence-corrected chi connectivity index (χ2v) is 24.1. The number of thiol groups is 1. The van der Waals surface area contributed by atoms with Crippen molar-refractivity contribution in [2.24, 2.45) is 5.73 Å². The fraction of sp³-hybridized carbons (Fsp3) is 0.650. The lowest BCUT2D eigenvalue weighted by molar-refractivity contribution is -0.197. The fourth-order valence-corrected chi connectivity index (χ4v) is 9.42. The van der Waals surface area contributed by atoms with Crippen molar-refractivity contribution in [1.82, 2.24) is 37.0 Å². The number of nitrogens with two attached hydrogens (primary N) is 1. The van der Waals surface area contributed by atoms with Crippen molar-refractivity contribution >= 4 is 123 Å². The van der Waals surface area contributed by atoms with E-state index in [9.17, 15) is 81.5 Å². The lowest BCUT2D eigenvalue weighted by atomic mass is 10.1. The number of nitrogens with zero attached hydrogens (tertiary/aromatic N) is 1. The van der Waals surface area contributed by atoms with Gasteiger partial charge in [-0.25, -0.2) is 14.4 Å². The molecule has 3 rings (SSSR count). The van der Waals surface area contributed by atoms with Crippen LogP contribution in [0.1, 0.15) is 172 Å². The summed E-state index contributed by atoms with van der Waals surface area (Å²) in [6.45, 7) is 6.09. The molecule has 1 saturated heterocycles. The van der Waals surface area contributed by atoms with E-state index in [4.69, 9.17) is 28.9 Å². The number of hydrogen-bond donors (Lipinski definition) is 8. The molecule has 0 aromatic carbocycles. The van der Waals surface area contributed by atoms with Gasteiger partial charge in [0.25, 0.3) is 11.8 Å². The molecule has 0 unspecified atom stereocenters. The van der Waals surface area contributed by atoms with Crippen LogP contribution in [0, 0.1) is 13.8 Å². The minimum Gasteiger partial charge on any atom is -0.469 e. The topological polar surface area (TPSA) is 490 Å². The zero-order valence-corrected chi connectivity index (χ0v) is 57.9. The smallest absolute Gasteiger partial charge is 0.469 e. The molecule has 34 nitrogen and oxygen atoms in total. The second-order valence-electron chi connectivity index (χ2n) is 21.1. The van der Waals surface area contributed by atoms with Gasteiger partial charge in [0.1, 0.15) is 18.1 Å². The van der Waals surface area contributed by atoms with E-state index in [1.54, 1.807) is 0 Å².